The molecule has 0 unspecified atom stereocenters. The number of benzene rings is 2. The number of hydrogen-bond acceptors (Lipinski definition) is 5. The van der Waals surface area contributed by atoms with E-state index in [0.29, 0.717) is 11.1 Å². The average molecular weight is 471 g/mol. The van der Waals surface area contributed by atoms with Gasteiger partial charge in [0.05, 0.1) is 23.6 Å². The van der Waals surface area contributed by atoms with E-state index in [9.17, 15) is 13.2 Å². The third kappa shape index (κ3) is 6.59. The summed E-state index contributed by atoms with van der Waals surface area (Å²) >= 11 is 3.29. The smallest absolute Gasteiger partial charge is 0.252 e. The molecule has 1 amide bonds. The Morgan fingerprint density at radius 2 is 1.79 bits per heavy atom. The zero-order valence-electron chi connectivity index (χ0n) is 15.7. The summed E-state index contributed by atoms with van der Waals surface area (Å²) in [6, 6.07) is 11.9. The number of nitrogens with one attached hydrogen (secondary N) is 2. The molecular weight excluding hydrogens is 448 g/mol. The second kappa shape index (κ2) is 10.6. The van der Waals surface area contributed by atoms with Crippen molar-refractivity contribution in [1.82, 2.24) is 10.0 Å². The fourth-order valence-electron chi connectivity index (χ4n) is 2.27. The molecule has 0 aliphatic heterocycles. The molecule has 0 bridgehead atoms. The Balaban J connectivity index is 1.95. The van der Waals surface area contributed by atoms with E-state index in [0.717, 1.165) is 11.3 Å². The van der Waals surface area contributed by atoms with Crippen molar-refractivity contribution in [2.24, 2.45) is 0 Å². The van der Waals surface area contributed by atoms with Crippen LogP contribution in [0.1, 0.15) is 15.9 Å². The van der Waals surface area contributed by atoms with Crippen molar-refractivity contribution in [3.8, 4) is 5.75 Å². The van der Waals surface area contributed by atoms with Crippen LogP contribution < -0.4 is 14.8 Å². The van der Waals surface area contributed by atoms with E-state index in [-0.39, 0.29) is 30.2 Å². The first-order valence-electron chi connectivity index (χ1n) is 8.59. The van der Waals surface area contributed by atoms with E-state index in [1.54, 1.807) is 0 Å². The largest absolute Gasteiger partial charge is 0.492 e. The van der Waals surface area contributed by atoms with Gasteiger partial charge in [0, 0.05) is 18.1 Å². The van der Waals surface area contributed by atoms with Crippen LogP contribution in [0, 0.1) is 6.92 Å². The zero-order valence-corrected chi connectivity index (χ0v) is 18.1. The Labute approximate surface area is 173 Å². The summed E-state index contributed by atoms with van der Waals surface area (Å²) in [4.78, 5) is 12.4. The normalized spacial score (nSPS) is 11.2. The van der Waals surface area contributed by atoms with Crippen molar-refractivity contribution < 1.29 is 22.7 Å². The van der Waals surface area contributed by atoms with Crippen molar-refractivity contribution in [1.29, 1.82) is 0 Å². The minimum atomic E-state index is -3.73. The lowest BCUT2D eigenvalue weighted by Crippen LogP contribution is -2.30. The van der Waals surface area contributed by atoms with Gasteiger partial charge in [0.2, 0.25) is 10.0 Å². The highest BCUT2D eigenvalue weighted by Crippen LogP contribution is 2.21. The topological polar surface area (TPSA) is 93.7 Å². The molecule has 0 aromatic heterocycles. The van der Waals surface area contributed by atoms with Gasteiger partial charge in [0.25, 0.3) is 5.91 Å². The van der Waals surface area contributed by atoms with E-state index >= 15 is 0 Å². The molecule has 0 spiro atoms. The first-order valence-corrected chi connectivity index (χ1v) is 10.9. The summed E-state index contributed by atoms with van der Waals surface area (Å²) in [5.41, 5.74) is 1.36. The second-order valence-electron chi connectivity index (χ2n) is 5.95. The summed E-state index contributed by atoms with van der Waals surface area (Å²) in [5, 5.41) is 2.72. The van der Waals surface area contributed by atoms with Gasteiger partial charge in [-0.25, -0.2) is 13.1 Å². The third-order valence-corrected chi connectivity index (χ3v) is 5.92. The highest BCUT2D eigenvalue weighted by atomic mass is 79.9. The molecular formula is C19H23BrN2O5S. The van der Waals surface area contributed by atoms with Crippen LogP contribution in [0.5, 0.6) is 5.75 Å². The number of methoxy groups -OCH3 is 1. The van der Waals surface area contributed by atoms with Crippen LogP contribution in [0.4, 0.5) is 0 Å². The summed E-state index contributed by atoms with van der Waals surface area (Å²) in [6.45, 7) is 2.96. The number of halogens is 1. The molecule has 9 heteroatoms. The molecule has 0 atom stereocenters. The maximum atomic E-state index is 12.4. The van der Waals surface area contributed by atoms with E-state index in [1.807, 2.05) is 31.2 Å². The molecule has 7 nitrogen and oxygen atoms in total. The fourth-order valence-corrected chi connectivity index (χ4v) is 3.74. The number of aryl methyl sites for hydroxylation is 1. The number of hydrogen-bond donors (Lipinski definition) is 2. The summed E-state index contributed by atoms with van der Waals surface area (Å²) < 4.78 is 37.9. The molecule has 2 aromatic carbocycles. The molecule has 0 saturated heterocycles. The average Bonchev–Trinajstić information content (AvgIpc) is 2.66. The van der Waals surface area contributed by atoms with Crippen molar-refractivity contribution in [3.05, 3.63) is 58.1 Å². The van der Waals surface area contributed by atoms with Crippen LogP contribution in [0.3, 0.4) is 0 Å². The Hall–Kier alpha value is -1.94. The Kier molecular flexibility index (Phi) is 8.43. The number of carbonyl (C=O) groups is 1. The van der Waals surface area contributed by atoms with E-state index in [2.05, 4.69) is 26.0 Å². The third-order valence-electron chi connectivity index (χ3n) is 3.77. The molecule has 152 valence electrons. The lowest BCUT2D eigenvalue weighted by molar-refractivity contribution is 0.0946. The minimum absolute atomic E-state index is 0.00728. The van der Waals surface area contributed by atoms with E-state index < -0.39 is 15.9 Å². The summed E-state index contributed by atoms with van der Waals surface area (Å²) in [7, 11) is -2.24. The maximum Gasteiger partial charge on any atom is 0.252 e. The summed E-state index contributed by atoms with van der Waals surface area (Å²) in [5.74, 6) is 0.324. The summed E-state index contributed by atoms with van der Waals surface area (Å²) in [6.07, 6.45) is 0. The molecule has 0 saturated carbocycles. The molecule has 0 radical (unpaired) electrons. The second-order valence-corrected chi connectivity index (χ2v) is 8.57. The Morgan fingerprint density at radius 1 is 1.07 bits per heavy atom. The first-order chi connectivity index (χ1) is 13.3. The number of rotatable bonds is 10. The highest BCUT2D eigenvalue weighted by Gasteiger charge is 2.18. The standard InChI is InChI=1S/C19H23BrN2O5S/c1-14-3-5-15(6-4-14)27-12-9-21-19(23)17-13-16(7-8-18(17)20)28(24,25)22-10-11-26-2/h3-8,13,22H,9-12H2,1-2H3,(H,21,23). The quantitative estimate of drug-likeness (QED) is 0.520. The molecule has 0 aliphatic carbocycles. The van der Waals surface area contributed by atoms with Crippen LogP contribution >= 0.6 is 15.9 Å². The monoisotopic (exact) mass is 470 g/mol. The van der Waals surface area contributed by atoms with Crippen LogP contribution in [0.15, 0.2) is 51.8 Å². The van der Waals surface area contributed by atoms with E-state index in [1.165, 1.54) is 25.3 Å². The molecule has 2 N–H and O–H groups in total. The minimum Gasteiger partial charge on any atom is -0.492 e. The fraction of sp³-hybridized carbons (Fsp3) is 0.316. The van der Waals surface area contributed by atoms with E-state index in [4.69, 9.17) is 9.47 Å². The van der Waals surface area contributed by atoms with Gasteiger partial charge in [0.15, 0.2) is 0 Å². The first kappa shape index (κ1) is 22.4. The van der Waals surface area contributed by atoms with Crippen LogP contribution in [-0.4, -0.2) is 47.7 Å². The van der Waals surface area contributed by atoms with Crippen LogP contribution in [0.2, 0.25) is 0 Å². The Morgan fingerprint density at radius 3 is 2.46 bits per heavy atom. The molecule has 0 aliphatic rings. The number of sulfonamides is 1. The Bertz CT molecular complexity index is 901. The van der Waals surface area contributed by atoms with Gasteiger partial charge >= 0.3 is 0 Å². The van der Waals surface area contributed by atoms with Crippen molar-refractivity contribution in [2.45, 2.75) is 11.8 Å². The number of ether oxygens (including phenoxy) is 2. The molecule has 0 heterocycles. The van der Waals surface area contributed by atoms with Gasteiger partial charge in [0.1, 0.15) is 12.4 Å². The maximum absolute atomic E-state index is 12.4. The molecule has 2 rings (SSSR count). The lowest BCUT2D eigenvalue weighted by Gasteiger charge is -2.11. The van der Waals surface area contributed by atoms with Crippen molar-refractivity contribution in [3.63, 3.8) is 0 Å². The van der Waals surface area contributed by atoms with Gasteiger partial charge in [-0.3, -0.25) is 4.79 Å². The van der Waals surface area contributed by atoms with Crippen LogP contribution in [0.25, 0.3) is 0 Å². The molecule has 2 aromatic rings. The predicted molar refractivity (Wildman–Crippen MR) is 110 cm³/mol. The lowest BCUT2D eigenvalue weighted by atomic mass is 10.2. The van der Waals surface area contributed by atoms with Gasteiger partial charge < -0.3 is 14.8 Å². The van der Waals surface area contributed by atoms with Crippen molar-refractivity contribution >= 4 is 31.9 Å². The number of carbonyl (C=O) groups excluding carboxylic acids is 1. The van der Waals surface area contributed by atoms with Gasteiger partial charge in [-0.1, -0.05) is 17.7 Å². The van der Waals surface area contributed by atoms with Gasteiger partial charge in [-0.05, 0) is 53.2 Å². The SMILES string of the molecule is COCCNS(=O)(=O)c1ccc(Br)c(C(=O)NCCOc2ccc(C)cc2)c1. The van der Waals surface area contributed by atoms with Crippen molar-refractivity contribution in [2.75, 3.05) is 33.4 Å². The predicted octanol–water partition coefficient (Wildman–Crippen LogP) is 2.49. The molecule has 0 fully saturated rings. The van der Waals surface area contributed by atoms with Gasteiger partial charge in [-0.2, -0.15) is 0 Å². The van der Waals surface area contributed by atoms with Crippen LogP contribution in [-0.2, 0) is 14.8 Å². The molecule has 28 heavy (non-hydrogen) atoms. The zero-order chi connectivity index (χ0) is 20.6. The van der Waals surface area contributed by atoms with Gasteiger partial charge in [-0.15, -0.1) is 0 Å². The number of amides is 1. The highest BCUT2D eigenvalue weighted by molar-refractivity contribution is 9.10.